The molecule has 0 amide bonds. The molecule has 4 nitrogen and oxygen atoms in total. The summed E-state index contributed by atoms with van der Waals surface area (Å²) in [6.45, 7) is 0.549. The summed E-state index contributed by atoms with van der Waals surface area (Å²) in [6, 6.07) is 9.94. The molecule has 22 heavy (non-hydrogen) atoms. The SMILES string of the molecule is NCCC1=CNC(C(O)(c2ccccc2)C2CCCCC2)O1. The monoisotopic (exact) mass is 302 g/mol. The lowest BCUT2D eigenvalue weighted by Gasteiger charge is -2.42. The molecule has 2 atom stereocenters. The van der Waals surface area contributed by atoms with E-state index in [1.165, 1.54) is 19.3 Å². The molecule has 3 rings (SSSR count). The normalized spacial score (nSPS) is 25.0. The van der Waals surface area contributed by atoms with Crippen molar-refractivity contribution in [1.29, 1.82) is 0 Å². The van der Waals surface area contributed by atoms with E-state index in [-0.39, 0.29) is 5.92 Å². The number of ether oxygens (including phenoxy) is 1. The predicted molar refractivity (Wildman–Crippen MR) is 86.7 cm³/mol. The quantitative estimate of drug-likeness (QED) is 0.782. The summed E-state index contributed by atoms with van der Waals surface area (Å²) in [7, 11) is 0. The van der Waals surface area contributed by atoms with Gasteiger partial charge in [0.05, 0.1) is 0 Å². The van der Waals surface area contributed by atoms with Gasteiger partial charge in [-0.25, -0.2) is 0 Å². The first-order valence-corrected chi connectivity index (χ1v) is 8.35. The Kier molecular flexibility index (Phi) is 4.69. The van der Waals surface area contributed by atoms with Gasteiger partial charge in [0.1, 0.15) is 11.4 Å². The van der Waals surface area contributed by atoms with Gasteiger partial charge in [0.25, 0.3) is 0 Å². The minimum Gasteiger partial charge on any atom is -0.470 e. The van der Waals surface area contributed by atoms with Crippen molar-refractivity contribution in [3.63, 3.8) is 0 Å². The van der Waals surface area contributed by atoms with Crippen LogP contribution in [0.15, 0.2) is 42.3 Å². The minimum absolute atomic E-state index is 0.215. The van der Waals surface area contributed by atoms with E-state index >= 15 is 0 Å². The van der Waals surface area contributed by atoms with E-state index in [9.17, 15) is 5.11 Å². The van der Waals surface area contributed by atoms with Gasteiger partial charge in [-0.1, -0.05) is 49.6 Å². The standard InChI is InChI=1S/C18H26N2O2/c19-12-11-16-13-20-17(22-16)18(21,14-7-3-1-4-8-14)15-9-5-2-6-10-15/h1,3-4,7-8,13,15,17,20-21H,2,5-6,9-12,19H2. The van der Waals surface area contributed by atoms with Crippen LogP contribution in [-0.2, 0) is 10.3 Å². The van der Waals surface area contributed by atoms with E-state index < -0.39 is 11.8 Å². The lowest BCUT2D eigenvalue weighted by molar-refractivity contribution is -0.138. The van der Waals surface area contributed by atoms with Crippen LogP contribution in [0, 0.1) is 5.92 Å². The third-order valence-corrected chi connectivity index (χ3v) is 4.92. The fourth-order valence-corrected chi connectivity index (χ4v) is 3.73. The average Bonchev–Trinajstić information content (AvgIpc) is 3.05. The zero-order valence-corrected chi connectivity index (χ0v) is 13.0. The van der Waals surface area contributed by atoms with E-state index in [0.29, 0.717) is 13.0 Å². The second kappa shape index (κ2) is 6.71. The van der Waals surface area contributed by atoms with Gasteiger partial charge in [0, 0.05) is 12.6 Å². The van der Waals surface area contributed by atoms with Crippen LogP contribution < -0.4 is 11.1 Å². The number of hydrogen-bond donors (Lipinski definition) is 3. The molecular weight excluding hydrogens is 276 g/mol. The maximum atomic E-state index is 11.6. The van der Waals surface area contributed by atoms with Gasteiger partial charge in [-0.3, -0.25) is 0 Å². The lowest BCUT2D eigenvalue weighted by Crippen LogP contribution is -2.51. The molecule has 1 aromatic rings. The number of benzene rings is 1. The van der Waals surface area contributed by atoms with Crippen molar-refractivity contribution in [3.05, 3.63) is 47.9 Å². The Morgan fingerprint density at radius 3 is 2.59 bits per heavy atom. The summed E-state index contributed by atoms with van der Waals surface area (Å²) >= 11 is 0. The fourth-order valence-electron chi connectivity index (χ4n) is 3.73. The first kappa shape index (κ1) is 15.4. The van der Waals surface area contributed by atoms with Gasteiger partial charge in [-0.05, 0) is 30.9 Å². The molecule has 1 aliphatic carbocycles. The number of hydrogen-bond acceptors (Lipinski definition) is 4. The van der Waals surface area contributed by atoms with Gasteiger partial charge < -0.3 is 20.9 Å². The summed E-state index contributed by atoms with van der Waals surface area (Å²) in [4.78, 5) is 0. The second-order valence-electron chi connectivity index (χ2n) is 6.34. The van der Waals surface area contributed by atoms with E-state index in [0.717, 1.165) is 24.2 Å². The Labute approximate surface area is 132 Å². The topological polar surface area (TPSA) is 67.5 Å². The number of rotatable bonds is 5. The highest BCUT2D eigenvalue weighted by Crippen LogP contribution is 2.43. The van der Waals surface area contributed by atoms with Crippen LogP contribution in [0.1, 0.15) is 44.1 Å². The summed E-state index contributed by atoms with van der Waals surface area (Å²) < 4.78 is 5.99. The molecule has 2 aliphatic rings. The third kappa shape index (κ3) is 2.85. The third-order valence-electron chi connectivity index (χ3n) is 4.92. The van der Waals surface area contributed by atoms with Crippen molar-refractivity contribution < 1.29 is 9.84 Å². The van der Waals surface area contributed by atoms with Gasteiger partial charge >= 0.3 is 0 Å². The molecule has 120 valence electrons. The zero-order valence-electron chi connectivity index (χ0n) is 13.0. The van der Waals surface area contributed by atoms with Gasteiger partial charge in [-0.2, -0.15) is 0 Å². The van der Waals surface area contributed by atoms with E-state index in [4.69, 9.17) is 10.5 Å². The van der Waals surface area contributed by atoms with Gasteiger partial charge in [0.2, 0.25) is 6.23 Å². The molecule has 4 heteroatoms. The molecule has 0 spiro atoms. The van der Waals surface area contributed by atoms with Crippen LogP contribution >= 0.6 is 0 Å². The molecule has 1 fully saturated rings. The summed E-state index contributed by atoms with van der Waals surface area (Å²) in [5, 5.41) is 14.9. The minimum atomic E-state index is -1.01. The molecule has 1 aliphatic heterocycles. The van der Waals surface area contributed by atoms with Gasteiger partial charge in [-0.15, -0.1) is 0 Å². The van der Waals surface area contributed by atoms with Crippen LogP contribution in [-0.4, -0.2) is 17.9 Å². The van der Waals surface area contributed by atoms with Crippen LogP contribution in [0.3, 0.4) is 0 Å². The van der Waals surface area contributed by atoms with E-state index in [1.54, 1.807) is 0 Å². The summed E-state index contributed by atoms with van der Waals surface area (Å²) in [6.07, 6.45) is 7.81. The first-order chi connectivity index (χ1) is 10.7. The molecule has 0 saturated heterocycles. The van der Waals surface area contributed by atoms with Crippen LogP contribution in [0.2, 0.25) is 0 Å². The Hall–Kier alpha value is -1.52. The van der Waals surface area contributed by atoms with Crippen molar-refractivity contribution >= 4 is 0 Å². The van der Waals surface area contributed by atoms with Crippen molar-refractivity contribution in [2.45, 2.75) is 50.4 Å². The molecule has 0 bridgehead atoms. The molecule has 0 radical (unpaired) electrons. The summed E-state index contributed by atoms with van der Waals surface area (Å²) in [5.74, 6) is 1.05. The molecule has 1 heterocycles. The maximum Gasteiger partial charge on any atom is 0.202 e. The molecule has 0 aromatic heterocycles. The second-order valence-corrected chi connectivity index (χ2v) is 6.34. The summed E-state index contributed by atoms with van der Waals surface area (Å²) in [5.41, 5.74) is 5.53. The number of nitrogens with two attached hydrogens (primary N) is 1. The smallest absolute Gasteiger partial charge is 0.202 e. The van der Waals surface area contributed by atoms with Crippen molar-refractivity contribution in [2.75, 3.05) is 6.54 Å². The van der Waals surface area contributed by atoms with Crippen LogP contribution in [0.4, 0.5) is 0 Å². The average molecular weight is 302 g/mol. The molecule has 2 unspecified atom stereocenters. The fraction of sp³-hybridized carbons (Fsp3) is 0.556. The largest absolute Gasteiger partial charge is 0.470 e. The molecule has 4 N–H and O–H groups in total. The molecule has 1 saturated carbocycles. The lowest BCUT2D eigenvalue weighted by atomic mass is 9.72. The van der Waals surface area contributed by atoms with Crippen molar-refractivity contribution in [3.8, 4) is 0 Å². The predicted octanol–water partition coefficient (Wildman–Crippen LogP) is 2.59. The highest BCUT2D eigenvalue weighted by atomic mass is 16.5. The first-order valence-electron chi connectivity index (χ1n) is 8.35. The maximum absolute atomic E-state index is 11.6. The zero-order chi connectivity index (χ0) is 15.4. The molecule has 1 aromatic carbocycles. The Bertz CT molecular complexity index is 511. The highest BCUT2D eigenvalue weighted by molar-refractivity contribution is 5.26. The van der Waals surface area contributed by atoms with Crippen molar-refractivity contribution in [1.82, 2.24) is 5.32 Å². The van der Waals surface area contributed by atoms with Crippen molar-refractivity contribution in [2.24, 2.45) is 11.7 Å². The number of aliphatic hydroxyl groups is 1. The van der Waals surface area contributed by atoms with E-state index in [1.807, 2.05) is 36.5 Å². The Balaban J connectivity index is 1.87. The van der Waals surface area contributed by atoms with Crippen LogP contribution in [0.5, 0.6) is 0 Å². The van der Waals surface area contributed by atoms with Crippen LogP contribution in [0.25, 0.3) is 0 Å². The Morgan fingerprint density at radius 1 is 1.18 bits per heavy atom. The molecular formula is C18H26N2O2. The van der Waals surface area contributed by atoms with E-state index in [2.05, 4.69) is 5.32 Å². The van der Waals surface area contributed by atoms with Gasteiger partial charge in [0.15, 0.2) is 0 Å². The number of nitrogens with one attached hydrogen (secondary N) is 1. The Morgan fingerprint density at radius 2 is 1.91 bits per heavy atom. The highest BCUT2D eigenvalue weighted by Gasteiger charge is 2.48.